The van der Waals surface area contributed by atoms with Crippen LogP contribution < -0.4 is 14.6 Å². The van der Waals surface area contributed by atoms with Crippen LogP contribution in [0.15, 0.2) is 18.5 Å². The molecule has 1 aromatic heterocycles. The number of rotatable bonds is 4. The molecule has 0 spiro atoms. The highest BCUT2D eigenvalue weighted by molar-refractivity contribution is 7.86. The molecule has 1 saturated heterocycles. The SMILES string of the molecule is COc1cc2ncnc(C3CCCN(S(N)(=O)=O)CC3)c2cc1OC. The van der Waals surface area contributed by atoms with Crippen molar-refractivity contribution in [1.29, 1.82) is 0 Å². The Kier molecular flexibility index (Phi) is 5.07. The van der Waals surface area contributed by atoms with Gasteiger partial charge in [-0.1, -0.05) is 0 Å². The third kappa shape index (κ3) is 3.68. The highest BCUT2D eigenvalue weighted by Crippen LogP contribution is 2.36. The minimum Gasteiger partial charge on any atom is -0.493 e. The molecule has 1 fully saturated rings. The van der Waals surface area contributed by atoms with Gasteiger partial charge in [0.15, 0.2) is 11.5 Å². The molecule has 0 amide bonds. The normalized spacial score (nSPS) is 19.6. The summed E-state index contributed by atoms with van der Waals surface area (Å²) >= 11 is 0. The van der Waals surface area contributed by atoms with Gasteiger partial charge in [-0.05, 0) is 25.3 Å². The van der Waals surface area contributed by atoms with Crippen LogP contribution in [0.5, 0.6) is 11.5 Å². The summed E-state index contributed by atoms with van der Waals surface area (Å²) in [5.74, 6) is 1.36. The van der Waals surface area contributed by atoms with Crippen molar-refractivity contribution in [2.45, 2.75) is 25.2 Å². The van der Waals surface area contributed by atoms with Crippen LogP contribution in [0.2, 0.25) is 0 Å². The van der Waals surface area contributed by atoms with Crippen LogP contribution in [0.1, 0.15) is 30.9 Å². The van der Waals surface area contributed by atoms with E-state index in [9.17, 15) is 8.42 Å². The molecule has 1 atom stereocenters. The first-order chi connectivity index (χ1) is 11.9. The Bertz CT molecular complexity index is 872. The lowest BCUT2D eigenvalue weighted by Crippen LogP contribution is -2.37. The number of fused-ring (bicyclic) bond motifs is 1. The van der Waals surface area contributed by atoms with Crippen molar-refractivity contribution in [2.24, 2.45) is 5.14 Å². The summed E-state index contributed by atoms with van der Waals surface area (Å²) < 4.78 is 35.2. The van der Waals surface area contributed by atoms with Crippen LogP contribution in [0.3, 0.4) is 0 Å². The predicted octanol–water partition coefficient (Wildman–Crippen LogP) is 1.42. The van der Waals surface area contributed by atoms with Crippen LogP contribution in [-0.2, 0) is 10.2 Å². The van der Waals surface area contributed by atoms with Crippen molar-refractivity contribution in [1.82, 2.24) is 14.3 Å². The van der Waals surface area contributed by atoms with Crippen LogP contribution in [0, 0.1) is 0 Å². The van der Waals surface area contributed by atoms with Gasteiger partial charge in [0.25, 0.3) is 10.2 Å². The number of benzene rings is 1. The fourth-order valence-electron chi connectivity index (χ4n) is 3.33. The number of methoxy groups -OCH3 is 2. The number of nitrogens with two attached hydrogens (primary N) is 1. The lowest BCUT2D eigenvalue weighted by atomic mass is 9.93. The predicted molar refractivity (Wildman–Crippen MR) is 93.9 cm³/mol. The lowest BCUT2D eigenvalue weighted by Gasteiger charge is -2.18. The van der Waals surface area contributed by atoms with Gasteiger partial charge in [-0.2, -0.15) is 12.7 Å². The first-order valence-electron chi connectivity index (χ1n) is 8.08. The van der Waals surface area contributed by atoms with E-state index in [1.54, 1.807) is 14.2 Å². The molecular formula is C16H22N4O4S. The van der Waals surface area contributed by atoms with Crippen molar-refractivity contribution in [2.75, 3.05) is 27.3 Å². The summed E-state index contributed by atoms with van der Waals surface area (Å²) in [5, 5.41) is 6.16. The monoisotopic (exact) mass is 366 g/mol. The van der Waals surface area contributed by atoms with E-state index in [1.165, 1.54) is 10.6 Å². The molecule has 1 aliphatic rings. The third-order valence-electron chi connectivity index (χ3n) is 4.61. The summed E-state index contributed by atoms with van der Waals surface area (Å²) in [6, 6.07) is 3.71. The Hall–Kier alpha value is -1.97. The molecule has 136 valence electrons. The molecule has 1 aromatic carbocycles. The van der Waals surface area contributed by atoms with Crippen molar-refractivity contribution >= 4 is 21.1 Å². The minimum absolute atomic E-state index is 0.135. The molecule has 1 aliphatic heterocycles. The summed E-state index contributed by atoms with van der Waals surface area (Å²) in [5.41, 5.74) is 1.68. The van der Waals surface area contributed by atoms with Gasteiger partial charge in [-0.3, -0.25) is 0 Å². The van der Waals surface area contributed by atoms with Gasteiger partial charge in [0, 0.05) is 30.5 Å². The van der Waals surface area contributed by atoms with Crippen molar-refractivity contribution < 1.29 is 17.9 Å². The van der Waals surface area contributed by atoms with E-state index in [0.29, 0.717) is 31.0 Å². The molecule has 0 bridgehead atoms. The molecule has 0 radical (unpaired) electrons. The molecule has 25 heavy (non-hydrogen) atoms. The topological polar surface area (TPSA) is 108 Å². The highest BCUT2D eigenvalue weighted by atomic mass is 32.2. The van der Waals surface area contributed by atoms with Gasteiger partial charge < -0.3 is 9.47 Å². The van der Waals surface area contributed by atoms with E-state index in [2.05, 4.69) is 9.97 Å². The molecule has 2 heterocycles. The second kappa shape index (κ2) is 7.11. The van der Waals surface area contributed by atoms with Gasteiger partial charge in [0.1, 0.15) is 6.33 Å². The average molecular weight is 366 g/mol. The maximum atomic E-state index is 11.6. The Morgan fingerprint density at radius 2 is 1.84 bits per heavy atom. The van der Waals surface area contributed by atoms with E-state index in [1.807, 2.05) is 12.1 Å². The molecule has 0 aliphatic carbocycles. The van der Waals surface area contributed by atoms with E-state index in [4.69, 9.17) is 14.6 Å². The van der Waals surface area contributed by atoms with Crippen LogP contribution >= 0.6 is 0 Å². The number of ether oxygens (including phenoxy) is 2. The highest BCUT2D eigenvalue weighted by Gasteiger charge is 2.26. The third-order valence-corrected chi connectivity index (χ3v) is 5.69. The van der Waals surface area contributed by atoms with Crippen LogP contribution in [0.4, 0.5) is 0 Å². The lowest BCUT2D eigenvalue weighted by molar-refractivity contribution is 0.355. The minimum atomic E-state index is -3.65. The van der Waals surface area contributed by atoms with Gasteiger partial charge in [0.05, 0.1) is 25.4 Å². The first-order valence-corrected chi connectivity index (χ1v) is 9.59. The maximum absolute atomic E-state index is 11.6. The quantitative estimate of drug-likeness (QED) is 0.877. The summed E-state index contributed by atoms with van der Waals surface area (Å²) in [4.78, 5) is 8.81. The van der Waals surface area contributed by atoms with Crippen molar-refractivity contribution in [3.63, 3.8) is 0 Å². The van der Waals surface area contributed by atoms with Gasteiger partial charge in [-0.25, -0.2) is 15.1 Å². The molecule has 3 rings (SSSR count). The Morgan fingerprint density at radius 1 is 1.12 bits per heavy atom. The largest absolute Gasteiger partial charge is 0.493 e. The second-order valence-corrected chi connectivity index (χ2v) is 7.60. The standard InChI is InChI=1S/C16H22N4O4S/c1-23-14-8-12-13(9-15(14)24-2)18-10-19-16(12)11-4-3-6-20(7-5-11)25(17,21)22/h8-11H,3-7H2,1-2H3,(H2,17,21,22). The zero-order valence-electron chi connectivity index (χ0n) is 14.3. The van der Waals surface area contributed by atoms with E-state index >= 15 is 0 Å². The maximum Gasteiger partial charge on any atom is 0.276 e. The fraction of sp³-hybridized carbons (Fsp3) is 0.500. The smallest absolute Gasteiger partial charge is 0.276 e. The molecule has 1 unspecified atom stereocenters. The Morgan fingerprint density at radius 3 is 2.52 bits per heavy atom. The summed E-state index contributed by atoms with van der Waals surface area (Å²) in [6.45, 7) is 0.831. The molecular weight excluding hydrogens is 344 g/mol. The summed E-state index contributed by atoms with van der Waals surface area (Å²) in [7, 11) is -0.485. The average Bonchev–Trinajstić information content (AvgIpc) is 2.85. The molecule has 2 N–H and O–H groups in total. The fourth-order valence-corrected chi connectivity index (χ4v) is 4.07. The first kappa shape index (κ1) is 17.8. The van der Waals surface area contributed by atoms with E-state index in [0.717, 1.165) is 29.4 Å². The van der Waals surface area contributed by atoms with Crippen LogP contribution in [0.25, 0.3) is 10.9 Å². The summed E-state index contributed by atoms with van der Waals surface area (Å²) in [6.07, 6.45) is 3.77. The van der Waals surface area contributed by atoms with E-state index < -0.39 is 10.2 Å². The van der Waals surface area contributed by atoms with Gasteiger partial charge >= 0.3 is 0 Å². The van der Waals surface area contributed by atoms with Gasteiger partial charge in [-0.15, -0.1) is 0 Å². The second-order valence-electron chi connectivity index (χ2n) is 6.06. The number of hydrogen-bond donors (Lipinski definition) is 1. The molecule has 0 saturated carbocycles. The zero-order chi connectivity index (χ0) is 18.0. The Labute approximate surface area is 147 Å². The Balaban J connectivity index is 1.98. The van der Waals surface area contributed by atoms with Crippen molar-refractivity contribution in [3.05, 3.63) is 24.2 Å². The number of hydrogen-bond acceptors (Lipinski definition) is 6. The molecule has 2 aromatic rings. The molecule has 9 heteroatoms. The number of aromatic nitrogens is 2. The van der Waals surface area contributed by atoms with E-state index in [-0.39, 0.29) is 5.92 Å². The van der Waals surface area contributed by atoms with Crippen LogP contribution in [-0.4, -0.2) is 50.0 Å². The zero-order valence-corrected chi connectivity index (χ0v) is 15.1. The molecule has 8 nitrogen and oxygen atoms in total. The van der Waals surface area contributed by atoms with Gasteiger partial charge in [0.2, 0.25) is 0 Å². The van der Waals surface area contributed by atoms with Crippen molar-refractivity contribution in [3.8, 4) is 11.5 Å². The number of nitrogens with zero attached hydrogens (tertiary/aromatic N) is 3.